The molecule has 0 aliphatic carbocycles. The molecule has 2 N–H and O–H groups in total. The minimum Gasteiger partial charge on any atom is -0.481 e. The number of carbonyl (C=O) groups is 2. The Kier molecular flexibility index (Phi) is 6.56. The molecule has 1 saturated heterocycles. The Bertz CT molecular complexity index is 1110. The van der Waals surface area contributed by atoms with Gasteiger partial charge in [0.25, 0.3) is 0 Å². The summed E-state index contributed by atoms with van der Waals surface area (Å²) in [4.78, 5) is 25.2. The molecule has 33 heavy (non-hydrogen) atoms. The topological polar surface area (TPSA) is 94.4 Å². The summed E-state index contributed by atoms with van der Waals surface area (Å²) in [5.41, 5.74) is 4.77. The molecule has 0 aromatic heterocycles. The Morgan fingerprint density at radius 2 is 2.03 bits per heavy atom. The Labute approximate surface area is 198 Å². The van der Waals surface area contributed by atoms with E-state index >= 15 is 0 Å². The van der Waals surface area contributed by atoms with Crippen LogP contribution in [0.4, 0.5) is 5.69 Å². The van der Waals surface area contributed by atoms with Crippen LogP contribution in [0.5, 0.6) is 0 Å². The number of hydrogen-bond acceptors (Lipinski definition) is 6. The van der Waals surface area contributed by atoms with Crippen molar-refractivity contribution in [3.8, 4) is 0 Å². The predicted molar refractivity (Wildman–Crippen MR) is 133 cm³/mol. The van der Waals surface area contributed by atoms with E-state index in [1.54, 1.807) is 6.21 Å². The lowest BCUT2D eigenvalue weighted by molar-refractivity contribution is -0.138. The standard InChI is InChI=1S/C25H28N4O3S/c1-16-13-25(2,3)29(15-17-7-5-4-6-8-17)20-10-9-18(11-19(16)20)14-26-28-24-27-23(32)21(33-24)12-22(30)31/h4-11,14,16,21H,12-13,15H2,1-3H3,(H,30,31)(H,27,28,32). The fraction of sp³-hybridized carbons (Fsp3) is 0.360. The summed E-state index contributed by atoms with van der Waals surface area (Å²) in [5, 5.41) is 19.3. The summed E-state index contributed by atoms with van der Waals surface area (Å²) in [7, 11) is 0. The minimum atomic E-state index is -1.01. The third-order valence-electron chi connectivity index (χ3n) is 6.09. The lowest BCUT2D eigenvalue weighted by Gasteiger charge is -2.47. The number of fused-ring (bicyclic) bond motifs is 1. The molecule has 1 amide bonds. The molecule has 2 aromatic carbocycles. The number of carbonyl (C=O) groups excluding carboxylic acids is 1. The van der Waals surface area contributed by atoms with Crippen molar-refractivity contribution in [3.05, 3.63) is 65.2 Å². The maximum Gasteiger partial charge on any atom is 0.305 e. The van der Waals surface area contributed by atoms with Crippen molar-refractivity contribution in [2.75, 3.05) is 4.90 Å². The number of carboxylic acid groups (broad SMARTS) is 1. The van der Waals surface area contributed by atoms with Gasteiger partial charge in [-0.3, -0.25) is 9.59 Å². The molecular formula is C25H28N4O3S. The van der Waals surface area contributed by atoms with E-state index in [0.717, 1.165) is 30.3 Å². The number of carboxylic acids is 1. The van der Waals surface area contributed by atoms with Crippen molar-refractivity contribution in [3.63, 3.8) is 0 Å². The van der Waals surface area contributed by atoms with E-state index in [1.807, 2.05) is 12.1 Å². The van der Waals surface area contributed by atoms with Gasteiger partial charge >= 0.3 is 5.97 Å². The zero-order chi connectivity index (χ0) is 23.6. The molecule has 172 valence electrons. The highest BCUT2D eigenvalue weighted by atomic mass is 32.2. The number of nitrogens with zero attached hydrogens (tertiary/aromatic N) is 3. The molecule has 2 unspecified atom stereocenters. The first-order valence-electron chi connectivity index (χ1n) is 11.0. The van der Waals surface area contributed by atoms with Crippen LogP contribution < -0.4 is 10.2 Å². The average molecular weight is 465 g/mol. The highest BCUT2D eigenvalue weighted by Crippen LogP contribution is 2.44. The number of benzene rings is 2. The summed E-state index contributed by atoms with van der Waals surface area (Å²) in [6.07, 6.45) is 2.47. The van der Waals surface area contributed by atoms with Gasteiger partial charge in [0.1, 0.15) is 5.25 Å². The first kappa shape index (κ1) is 23.0. The highest BCUT2D eigenvalue weighted by molar-refractivity contribution is 8.15. The highest BCUT2D eigenvalue weighted by Gasteiger charge is 2.36. The number of amidine groups is 1. The van der Waals surface area contributed by atoms with Gasteiger partial charge < -0.3 is 15.3 Å². The van der Waals surface area contributed by atoms with Crippen molar-refractivity contribution in [1.29, 1.82) is 0 Å². The Morgan fingerprint density at radius 1 is 1.27 bits per heavy atom. The van der Waals surface area contributed by atoms with Crippen LogP contribution in [0.3, 0.4) is 0 Å². The molecule has 0 spiro atoms. The van der Waals surface area contributed by atoms with Crippen LogP contribution >= 0.6 is 11.8 Å². The number of nitrogens with one attached hydrogen (secondary N) is 1. The Hall–Kier alpha value is -3.13. The molecule has 2 aliphatic heterocycles. The number of anilines is 1. The first-order chi connectivity index (χ1) is 15.7. The van der Waals surface area contributed by atoms with E-state index in [0.29, 0.717) is 11.1 Å². The van der Waals surface area contributed by atoms with Gasteiger partial charge in [0.2, 0.25) is 5.91 Å². The Morgan fingerprint density at radius 3 is 2.76 bits per heavy atom. The van der Waals surface area contributed by atoms with Crippen LogP contribution in [0.2, 0.25) is 0 Å². The van der Waals surface area contributed by atoms with E-state index in [9.17, 15) is 9.59 Å². The van der Waals surface area contributed by atoms with Gasteiger partial charge in [-0.05, 0) is 55.0 Å². The van der Waals surface area contributed by atoms with Gasteiger partial charge in [-0.15, -0.1) is 5.10 Å². The number of rotatable bonds is 6. The molecule has 2 aromatic rings. The fourth-order valence-corrected chi connectivity index (χ4v) is 5.46. The van der Waals surface area contributed by atoms with Crippen molar-refractivity contribution < 1.29 is 14.7 Å². The van der Waals surface area contributed by atoms with Crippen molar-refractivity contribution in [2.24, 2.45) is 10.2 Å². The molecule has 0 radical (unpaired) electrons. The van der Waals surface area contributed by atoms with Crippen molar-refractivity contribution in [2.45, 2.75) is 56.9 Å². The van der Waals surface area contributed by atoms with Crippen LogP contribution in [0.15, 0.2) is 58.7 Å². The smallest absolute Gasteiger partial charge is 0.305 e. The SMILES string of the molecule is CC1CC(C)(C)N(Cc2ccccc2)c2ccc(C=NN=C3NC(=O)C(CC(=O)O)S3)cc21. The van der Waals surface area contributed by atoms with Crippen LogP contribution in [0.25, 0.3) is 0 Å². The fourth-order valence-electron chi connectivity index (χ4n) is 4.55. The van der Waals surface area contributed by atoms with Crippen molar-refractivity contribution >= 4 is 40.7 Å². The number of thioether (sulfide) groups is 1. The van der Waals surface area contributed by atoms with Gasteiger partial charge in [-0.25, -0.2) is 0 Å². The predicted octanol–water partition coefficient (Wildman–Crippen LogP) is 4.38. The summed E-state index contributed by atoms with van der Waals surface area (Å²) >= 11 is 1.09. The zero-order valence-electron chi connectivity index (χ0n) is 19.0. The number of aliphatic carboxylic acids is 1. The van der Waals surface area contributed by atoms with Gasteiger partial charge in [0, 0.05) is 17.8 Å². The molecule has 7 nitrogen and oxygen atoms in total. The monoisotopic (exact) mass is 464 g/mol. The molecular weight excluding hydrogens is 436 g/mol. The third kappa shape index (κ3) is 5.27. The number of amides is 1. The van der Waals surface area contributed by atoms with E-state index in [1.165, 1.54) is 16.8 Å². The largest absolute Gasteiger partial charge is 0.481 e. The molecule has 2 atom stereocenters. The molecule has 8 heteroatoms. The van der Waals surface area contributed by atoms with Crippen LogP contribution in [0, 0.1) is 0 Å². The third-order valence-corrected chi connectivity index (χ3v) is 7.16. The molecule has 0 bridgehead atoms. The second kappa shape index (κ2) is 9.39. The van der Waals surface area contributed by atoms with Gasteiger partial charge in [0.15, 0.2) is 5.17 Å². The Balaban J connectivity index is 1.53. The molecule has 2 aliphatic rings. The molecule has 4 rings (SSSR count). The van der Waals surface area contributed by atoms with E-state index < -0.39 is 11.2 Å². The van der Waals surface area contributed by atoms with Crippen LogP contribution in [-0.2, 0) is 16.1 Å². The first-order valence-corrected chi connectivity index (χ1v) is 11.9. The average Bonchev–Trinajstić information content (AvgIpc) is 3.10. The lowest BCUT2D eigenvalue weighted by Crippen LogP contribution is -2.47. The number of hydrogen-bond donors (Lipinski definition) is 2. The minimum absolute atomic E-state index is 0.0359. The summed E-state index contributed by atoms with van der Waals surface area (Å²) in [6.45, 7) is 7.70. The molecule has 0 saturated carbocycles. The van der Waals surface area contributed by atoms with Gasteiger partial charge in [0.05, 0.1) is 12.6 Å². The quantitative estimate of drug-likeness (QED) is 0.489. The summed E-state index contributed by atoms with van der Waals surface area (Å²) in [5.74, 6) is -0.955. The molecule has 2 heterocycles. The van der Waals surface area contributed by atoms with E-state index in [2.05, 4.69) is 77.6 Å². The second-order valence-corrected chi connectivity index (χ2v) is 10.3. The lowest BCUT2D eigenvalue weighted by atomic mass is 9.79. The summed E-state index contributed by atoms with van der Waals surface area (Å²) in [6, 6.07) is 16.9. The van der Waals surface area contributed by atoms with Crippen LogP contribution in [0.1, 0.15) is 56.2 Å². The van der Waals surface area contributed by atoms with E-state index in [4.69, 9.17) is 5.11 Å². The summed E-state index contributed by atoms with van der Waals surface area (Å²) < 4.78 is 0. The molecule has 1 fully saturated rings. The van der Waals surface area contributed by atoms with Gasteiger partial charge in [-0.1, -0.05) is 55.1 Å². The van der Waals surface area contributed by atoms with Gasteiger partial charge in [-0.2, -0.15) is 5.10 Å². The van der Waals surface area contributed by atoms with E-state index in [-0.39, 0.29) is 17.9 Å². The normalized spacial score (nSPS) is 23.1. The maximum absolute atomic E-state index is 11.8. The zero-order valence-corrected chi connectivity index (χ0v) is 19.8. The van der Waals surface area contributed by atoms with Crippen molar-refractivity contribution in [1.82, 2.24) is 5.32 Å². The second-order valence-electron chi connectivity index (χ2n) is 9.15. The maximum atomic E-state index is 11.8. The van der Waals surface area contributed by atoms with Crippen LogP contribution in [-0.4, -0.2) is 39.2 Å².